The average molecular weight is 380 g/mol. The first-order chi connectivity index (χ1) is 12.2. The fourth-order valence-electron chi connectivity index (χ4n) is 6.98. The Hall–Kier alpha value is -1.40. The summed E-state index contributed by atoms with van der Waals surface area (Å²) < 4.78 is 0. The van der Waals surface area contributed by atoms with Gasteiger partial charge in [-0.1, -0.05) is 19.4 Å². The van der Waals surface area contributed by atoms with Crippen LogP contribution in [0.15, 0.2) is 11.6 Å². The molecule has 0 unspecified atom stereocenters. The number of aliphatic hydroxyl groups is 2. The Labute approximate surface area is 158 Å². The highest BCUT2D eigenvalue weighted by Gasteiger charge is 2.68. The first-order valence-electron chi connectivity index (χ1n) is 9.80. The van der Waals surface area contributed by atoms with Gasteiger partial charge in [0.25, 0.3) is 0 Å². The Morgan fingerprint density at radius 1 is 1.19 bits per heavy atom. The number of fused-ring (bicyclic) bond motifs is 5. The number of carbonyl (C=O) groups excluding carboxylic acids is 3. The molecule has 0 saturated heterocycles. The van der Waals surface area contributed by atoms with Gasteiger partial charge in [-0.3, -0.25) is 19.1 Å². The van der Waals surface area contributed by atoms with Crippen LogP contribution < -0.4 is 0 Å². The average Bonchev–Trinajstić information content (AvgIpc) is 2.86. The zero-order chi connectivity index (χ0) is 18.9. The molecule has 3 saturated carbocycles. The maximum Gasteiger partial charge on any atom is 0.190 e. The molecule has 0 aliphatic heterocycles. The summed E-state index contributed by atoms with van der Waals surface area (Å²) in [5.41, 5.74) is -1.55. The fourth-order valence-corrected chi connectivity index (χ4v) is 6.98. The summed E-state index contributed by atoms with van der Waals surface area (Å²) in [6.07, 6.45) is 5.83. The van der Waals surface area contributed by atoms with Crippen LogP contribution in [-0.2, 0) is 14.4 Å². The molecule has 4 aliphatic carbocycles. The number of ketones is 3. The van der Waals surface area contributed by atoms with Crippen molar-refractivity contribution >= 4 is 17.3 Å². The third-order valence-electron chi connectivity index (χ3n) is 8.41. The van der Waals surface area contributed by atoms with E-state index in [1.54, 1.807) is 6.08 Å². The summed E-state index contributed by atoms with van der Waals surface area (Å²) in [7, 11) is 0. The quantitative estimate of drug-likeness (QED) is 0.766. The molecule has 4 aliphatic rings. The van der Waals surface area contributed by atoms with Crippen molar-refractivity contribution < 1.29 is 29.3 Å². The largest absolute Gasteiger partial charge is 0.388 e. The molecular formula is C21H29FO5. The van der Waals surface area contributed by atoms with E-state index < -0.39 is 23.4 Å². The summed E-state index contributed by atoms with van der Waals surface area (Å²) in [5, 5.41) is 20.5. The van der Waals surface area contributed by atoms with Crippen molar-refractivity contribution in [3.63, 3.8) is 0 Å². The van der Waals surface area contributed by atoms with E-state index in [1.807, 2.05) is 6.92 Å². The zero-order valence-corrected chi connectivity index (χ0v) is 16.0. The van der Waals surface area contributed by atoms with Gasteiger partial charge in [-0.2, -0.15) is 0 Å². The molecular weight excluding hydrogens is 351 g/mol. The Morgan fingerprint density at radius 3 is 2.56 bits per heavy atom. The topological polar surface area (TPSA) is 91.7 Å². The highest BCUT2D eigenvalue weighted by Crippen LogP contribution is 2.66. The van der Waals surface area contributed by atoms with Gasteiger partial charge in [0.15, 0.2) is 11.6 Å². The number of aliphatic hydroxyl groups excluding tert-OH is 1. The van der Waals surface area contributed by atoms with Crippen LogP contribution >= 0.6 is 0 Å². The third-order valence-corrected chi connectivity index (χ3v) is 8.41. The maximum absolute atomic E-state index is 13.3. The smallest absolute Gasteiger partial charge is 0.190 e. The van der Waals surface area contributed by atoms with E-state index in [0.717, 1.165) is 18.4 Å². The lowest BCUT2D eigenvalue weighted by molar-refractivity contribution is -0.170. The third kappa shape index (κ3) is 2.45. The number of rotatable bonds is 2. The van der Waals surface area contributed by atoms with Crippen LogP contribution in [0.2, 0.25) is 0 Å². The number of allylic oxidation sites excluding steroid dienone is 1. The molecule has 0 amide bonds. The lowest BCUT2D eigenvalue weighted by atomic mass is 9.46. The minimum atomic E-state index is -1.60. The monoisotopic (exact) mass is 380 g/mol. The van der Waals surface area contributed by atoms with E-state index in [-0.39, 0.29) is 45.9 Å². The normalized spacial score (nSPS) is 45.9. The van der Waals surface area contributed by atoms with Gasteiger partial charge in [0.2, 0.25) is 0 Å². The Bertz CT molecular complexity index is 730. The van der Waals surface area contributed by atoms with Gasteiger partial charge in [-0.05, 0) is 55.4 Å². The van der Waals surface area contributed by atoms with Gasteiger partial charge in [0.1, 0.15) is 18.0 Å². The number of hydrogen-bond donors (Lipinski definition) is 2. The Kier molecular flexibility index (Phi) is 4.75. The van der Waals surface area contributed by atoms with Gasteiger partial charge in [0.05, 0.1) is 0 Å². The van der Waals surface area contributed by atoms with Crippen molar-refractivity contribution in [3.05, 3.63) is 11.6 Å². The molecule has 4 rings (SSSR count). The molecule has 0 heterocycles. The second-order valence-electron chi connectivity index (χ2n) is 9.38. The van der Waals surface area contributed by atoms with Crippen LogP contribution in [0.25, 0.3) is 0 Å². The molecule has 150 valence electrons. The van der Waals surface area contributed by atoms with Crippen LogP contribution in [0.4, 0.5) is 4.70 Å². The molecule has 6 atom stereocenters. The van der Waals surface area contributed by atoms with Gasteiger partial charge >= 0.3 is 0 Å². The van der Waals surface area contributed by atoms with Crippen molar-refractivity contribution in [2.45, 2.75) is 64.4 Å². The van der Waals surface area contributed by atoms with E-state index in [4.69, 9.17) is 0 Å². The van der Waals surface area contributed by atoms with Crippen LogP contribution in [0.5, 0.6) is 0 Å². The van der Waals surface area contributed by atoms with E-state index in [9.17, 15) is 24.6 Å². The van der Waals surface area contributed by atoms with Gasteiger partial charge in [-0.15, -0.1) is 0 Å². The predicted molar refractivity (Wildman–Crippen MR) is 96.6 cm³/mol. The Balaban J connectivity index is 0.00000210. The molecule has 0 spiro atoms. The molecule has 0 aromatic heterocycles. The van der Waals surface area contributed by atoms with E-state index in [2.05, 4.69) is 6.92 Å². The summed E-state index contributed by atoms with van der Waals surface area (Å²) in [6, 6.07) is 0. The fraction of sp³-hybridized carbons (Fsp3) is 0.762. The molecule has 0 bridgehead atoms. The number of hydrogen-bond acceptors (Lipinski definition) is 5. The van der Waals surface area contributed by atoms with Crippen LogP contribution in [0, 0.1) is 28.6 Å². The summed E-state index contributed by atoms with van der Waals surface area (Å²) >= 11 is 0. The van der Waals surface area contributed by atoms with Crippen LogP contribution in [0.3, 0.4) is 0 Å². The van der Waals surface area contributed by atoms with Gasteiger partial charge in [0, 0.05) is 24.2 Å². The summed E-state index contributed by atoms with van der Waals surface area (Å²) in [6.45, 7) is 3.31. The van der Waals surface area contributed by atoms with Gasteiger partial charge in [-0.25, -0.2) is 0 Å². The van der Waals surface area contributed by atoms with Crippen molar-refractivity contribution in [3.8, 4) is 0 Å². The predicted octanol–water partition coefficient (Wildman–Crippen LogP) is 2.14. The van der Waals surface area contributed by atoms with Gasteiger partial charge < -0.3 is 10.2 Å². The lowest BCUT2D eigenvalue weighted by Crippen LogP contribution is -2.60. The zero-order valence-electron chi connectivity index (χ0n) is 16.0. The Morgan fingerprint density at radius 2 is 1.89 bits per heavy atom. The molecule has 0 aromatic carbocycles. The number of halogens is 1. The first kappa shape index (κ1) is 20.3. The summed E-state index contributed by atoms with van der Waals surface area (Å²) in [5.74, 6) is -0.172. The highest BCUT2D eigenvalue weighted by atomic mass is 19.0. The molecule has 3 fully saturated rings. The standard InChI is InChI=1S/C21H28O5.FH/c1-19-7-5-13(23)9-12(19)3-4-14-15-6-8-21(26,17(25)11-22)20(15,2)10-16(24)18(14)19;/h9,14-15,18,22,26H,3-8,10-11H2,1-2H3;1H/t14-,15-,18+,19-,20-,21-;/m0./s1. The molecule has 0 aromatic rings. The maximum atomic E-state index is 13.3. The molecule has 2 N–H and O–H groups in total. The van der Waals surface area contributed by atoms with Crippen molar-refractivity contribution in [1.29, 1.82) is 0 Å². The molecule has 5 nitrogen and oxygen atoms in total. The molecule has 27 heavy (non-hydrogen) atoms. The molecule has 6 heteroatoms. The number of Topliss-reactive ketones (excluding diaryl/α,β-unsaturated/α-hetero) is 2. The highest BCUT2D eigenvalue weighted by molar-refractivity contribution is 5.94. The summed E-state index contributed by atoms with van der Waals surface area (Å²) in [4.78, 5) is 37.5. The second-order valence-corrected chi connectivity index (χ2v) is 9.38. The van der Waals surface area contributed by atoms with E-state index in [1.165, 1.54) is 0 Å². The SMILES string of the molecule is C[C@]12CCC(=O)C=C1CC[C@@H]1[C@@H]2C(=O)C[C@@]2(C)[C@H]1CC[C@]2(O)C(=O)CO.F. The van der Waals surface area contributed by atoms with E-state index >= 15 is 0 Å². The number of carbonyl (C=O) groups is 3. The van der Waals surface area contributed by atoms with Crippen LogP contribution in [-0.4, -0.2) is 39.8 Å². The second kappa shape index (κ2) is 6.31. The molecule has 0 radical (unpaired) electrons. The lowest BCUT2D eigenvalue weighted by Gasteiger charge is -2.57. The van der Waals surface area contributed by atoms with E-state index in [0.29, 0.717) is 25.7 Å². The van der Waals surface area contributed by atoms with Crippen LogP contribution in [0.1, 0.15) is 58.8 Å². The van der Waals surface area contributed by atoms with Crippen molar-refractivity contribution in [2.24, 2.45) is 28.6 Å². The minimum Gasteiger partial charge on any atom is -0.388 e. The van der Waals surface area contributed by atoms with Crippen molar-refractivity contribution in [1.82, 2.24) is 0 Å². The van der Waals surface area contributed by atoms with Crippen molar-refractivity contribution in [2.75, 3.05) is 6.61 Å². The first-order valence-corrected chi connectivity index (χ1v) is 9.80. The minimum absolute atomic E-state index is 0.